The van der Waals surface area contributed by atoms with Gasteiger partial charge in [0, 0.05) is 6.54 Å². The minimum Gasteiger partial charge on any atom is -0.465 e. The van der Waals surface area contributed by atoms with Gasteiger partial charge < -0.3 is 20.1 Å². The molecule has 0 aromatic carbocycles. The molecule has 0 aromatic heterocycles. The van der Waals surface area contributed by atoms with E-state index in [1.54, 1.807) is 6.92 Å². The van der Waals surface area contributed by atoms with Gasteiger partial charge in [0.05, 0.1) is 19.3 Å². The fraction of sp³-hybridized carbons (Fsp3) is 0.800. The summed E-state index contributed by atoms with van der Waals surface area (Å²) in [4.78, 5) is 22.7. The maximum Gasteiger partial charge on any atom is 0.325 e. The van der Waals surface area contributed by atoms with Crippen molar-refractivity contribution in [3.8, 4) is 0 Å². The van der Waals surface area contributed by atoms with Crippen molar-refractivity contribution in [2.75, 3.05) is 26.3 Å². The van der Waals surface area contributed by atoms with E-state index in [9.17, 15) is 9.59 Å². The number of esters is 1. The van der Waals surface area contributed by atoms with E-state index in [0.717, 1.165) is 0 Å². The average Bonchev–Trinajstić information content (AvgIpc) is 2.27. The Hall–Kier alpha value is -0.850. The van der Waals surface area contributed by atoms with Crippen LogP contribution < -0.4 is 10.6 Å². The van der Waals surface area contributed by atoms with Gasteiger partial charge in [0.1, 0.15) is 12.6 Å². The predicted molar refractivity (Wildman–Crippen MR) is 64.1 cm³/mol. The first-order valence-corrected chi connectivity index (χ1v) is 5.43. The summed E-state index contributed by atoms with van der Waals surface area (Å²) in [6.45, 7) is 5.00. The standard InChI is InChI=1S/C10H18N2O4.ClH/c1-3-15-8(13)6-12-10(14)9-7(2)16-5-4-11-9;/h7,9,11H,3-6H2,1-2H3,(H,12,14);1H/t7-,9+;/m1./s1. The van der Waals surface area contributed by atoms with E-state index < -0.39 is 12.0 Å². The van der Waals surface area contributed by atoms with Crippen molar-refractivity contribution < 1.29 is 19.1 Å². The van der Waals surface area contributed by atoms with Crippen molar-refractivity contribution >= 4 is 24.3 Å². The van der Waals surface area contributed by atoms with Crippen molar-refractivity contribution in [1.29, 1.82) is 0 Å². The highest BCUT2D eigenvalue weighted by atomic mass is 35.5. The largest absolute Gasteiger partial charge is 0.465 e. The lowest BCUT2D eigenvalue weighted by molar-refractivity contribution is -0.144. The molecule has 1 fully saturated rings. The summed E-state index contributed by atoms with van der Waals surface area (Å²) in [6, 6.07) is -0.400. The van der Waals surface area contributed by atoms with Crippen LogP contribution in [0.25, 0.3) is 0 Å². The third kappa shape index (κ3) is 5.34. The molecule has 1 aliphatic heterocycles. The van der Waals surface area contributed by atoms with Gasteiger partial charge in [-0.3, -0.25) is 9.59 Å². The second-order valence-corrected chi connectivity index (χ2v) is 3.53. The molecule has 6 nitrogen and oxygen atoms in total. The Kier molecular flexibility index (Phi) is 7.86. The molecular weight excluding hydrogens is 248 g/mol. The van der Waals surface area contributed by atoms with E-state index in [1.165, 1.54) is 0 Å². The van der Waals surface area contributed by atoms with E-state index in [0.29, 0.717) is 19.8 Å². The Balaban J connectivity index is 0.00000256. The van der Waals surface area contributed by atoms with Gasteiger partial charge in [-0.2, -0.15) is 0 Å². The molecule has 1 heterocycles. The van der Waals surface area contributed by atoms with Crippen LogP contribution in [0.2, 0.25) is 0 Å². The minimum atomic E-state index is -0.430. The molecule has 7 heteroatoms. The van der Waals surface area contributed by atoms with Gasteiger partial charge >= 0.3 is 5.97 Å². The van der Waals surface area contributed by atoms with Gasteiger partial charge in [0.2, 0.25) is 5.91 Å². The molecule has 0 aromatic rings. The first-order valence-electron chi connectivity index (χ1n) is 5.43. The highest BCUT2D eigenvalue weighted by Gasteiger charge is 2.28. The number of nitrogens with one attached hydrogen (secondary N) is 2. The number of carbonyl (C=O) groups is 2. The minimum absolute atomic E-state index is 0. The summed E-state index contributed by atoms with van der Waals surface area (Å²) in [7, 11) is 0. The maximum absolute atomic E-state index is 11.7. The normalized spacial score (nSPS) is 23.4. The zero-order chi connectivity index (χ0) is 12.0. The lowest BCUT2D eigenvalue weighted by Crippen LogP contribution is -2.56. The van der Waals surface area contributed by atoms with Gasteiger partial charge in [-0.05, 0) is 13.8 Å². The molecule has 2 atom stereocenters. The summed E-state index contributed by atoms with van der Waals surface area (Å²) < 4.78 is 10.0. The van der Waals surface area contributed by atoms with Crippen LogP contribution >= 0.6 is 12.4 Å². The molecule has 0 saturated carbocycles. The van der Waals surface area contributed by atoms with Crippen molar-refractivity contribution in [2.45, 2.75) is 26.0 Å². The number of amides is 1. The Bertz CT molecular complexity index is 263. The second-order valence-electron chi connectivity index (χ2n) is 3.53. The smallest absolute Gasteiger partial charge is 0.325 e. The van der Waals surface area contributed by atoms with Gasteiger partial charge in [0.15, 0.2) is 0 Å². The molecular formula is C10H19ClN2O4. The summed E-state index contributed by atoms with van der Waals surface area (Å²) in [6.07, 6.45) is -0.184. The molecule has 1 rings (SSSR count). The number of carbonyl (C=O) groups excluding carboxylic acids is 2. The van der Waals surface area contributed by atoms with Crippen LogP contribution in [0.5, 0.6) is 0 Å². The maximum atomic E-state index is 11.7. The first kappa shape index (κ1) is 16.1. The third-order valence-electron chi connectivity index (χ3n) is 2.31. The Labute approximate surface area is 107 Å². The number of halogens is 1. The Morgan fingerprint density at radius 2 is 2.24 bits per heavy atom. The van der Waals surface area contributed by atoms with Gasteiger partial charge in [-0.1, -0.05) is 0 Å². The first-order chi connectivity index (χ1) is 7.65. The van der Waals surface area contributed by atoms with Crippen molar-refractivity contribution in [2.24, 2.45) is 0 Å². The lowest BCUT2D eigenvalue weighted by atomic mass is 10.1. The third-order valence-corrected chi connectivity index (χ3v) is 2.31. The van der Waals surface area contributed by atoms with Crippen LogP contribution in [0, 0.1) is 0 Å². The molecule has 1 aliphatic rings. The van der Waals surface area contributed by atoms with Crippen molar-refractivity contribution in [3.05, 3.63) is 0 Å². The number of hydrogen-bond donors (Lipinski definition) is 2. The van der Waals surface area contributed by atoms with Crippen LogP contribution in [0.4, 0.5) is 0 Å². The second kappa shape index (κ2) is 8.27. The highest BCUT2D eigenvalue weighted by molar-refractivity contribution is 5.86. The monoisotopic (exact) mass is 266 g/mol. The van der Waals surface area contributed by atoms with Crippen LogP contribution in [-0.2, 0) is 19.1 Å². The van der Waals surface area contributed by atoms with E-state index in [2.05, 4.69) is 10.6 Å². The van der Waals surface area contributed by atoms with Gasteiger partial charge in [0.25, 0.3) is 0 Å². The Morgan fingerprint density at radius 1 is 1.53 bits per heavy atom. The topological polar surface area (TPSA) is 76.7 Å². The summed E-state index contributed by atoms with van der Waals surface area (Å²) in [5, 5.41) is 5.55. The summed E-state index contributed by atoms with van der Waals surface area (Å²) >= 11 is 0. The molecule has 0 spiro atoms. The quantitative estimate of drug-likeness (QED) is 0.669. The molecule has 0 aliphatic carbocycles. The van der Waals surface area contributed by atoms with E-state index in [1.807, 2.05) is 6.92 Å². The highest BCUT2D eigenvalue weighted by Crippen LogP contribution is 2.03. The lowest BCUT2D eigenvalue weighted by Gasteiger charge is -2.29. The fourth-order valence-corrected chi connectivity index (χ4v) is 1.51. The van der Waals surface area contributed by atoms with E-state index >= 15 is 0 Å². The molecule has 17 heavy (non-hydrogen) atoms. The number of hydrogen-bond acceptors (Lipinski definition) is 5. The predicted octanol–water partition coefficient (Wildman–Crippen LogP) is -0.536. The number of rotatable bonds is 4. The molecule has 1 saturated heterocycles. The van der Waals surface area contributed by atoms with Gasteiger partial charge in [-0.15, -0.1) is 12.4 Å². The van der Waals surface area contributed by atoms with Crippen LogP contribution in [0.1, 0.15) is 13.8 Å². The number of morpholine rings is 1. The summed E-state index contributed by atoms with van der Waals surface area (Å²) in [5.74, 6) is -0.666. The summed E-state index contributed by atoms with van der Waals surface area (Å²) in [5.41, 5.74) is 0. The molecule has 0 radical (unpaired) electrons. The molecule has 2 N–H and O–H groups in total. The molecule has 0 unspecified atom stereocenters. The van der Waals surface area contributed by atoms with Crippen molar-refractivity contribution in [1.82, 2.24) is 10.6 Å². The zero-order valence-corrected chi connectivity index (χ0v) is 10.8. The van der Waals surface area contributed by atoms with Crippen LogP contribution in [-0.4, -0.2) is 50.3 Å². The van der Waals surface area contributed by atoms with E-state index in [4.69, 9.17) is 9.47 Å². The number of ether oxygens (including phenoxy) is 2. The van der Waals surface area contributed by atoms with Crippen molar-refractivity contribution in [3.63, 3.8) is 0 Å². The Morgan fingerprint density at radius 3 is 2.82 bits per heavy atom. The van der Waals surface area contributed by atoms with E-state index in [-0.39, 0.29) is 31.0 Å². The average molecular weight is 267 g/mol. The molecule has 100 valence electrons. The molecule has 0 bridgehead atoms. The fourth-order valence-electron chi connectivity index (χ4n) is 1.51. The zero-order valence-electron chi connectivity index (χ0n) is 10.0. The van der Waals surface area contributed by atoms with Gasteiger partial charge in [-0.25, -0.2) is 0 Å². The SMILES string of the molecule is CCOC(=O)CNC(=O)[C@H]1NCCO[C@@H]1C.Cl. The van der Waals surface area contributed by atoms with Crippen LogP contribution in [0.3, 0.4) is 0 Å². The van der Waals surface area contributed by atoms with Crippen LogP contribution in [0.15, 0.2) is 0 Å². The molecule has 1 amide bonds.